The van der Waals surface area contributed by atoms with Gasteiger partial charge in [0.05, 0.1) is 32.3 Å². The van der Waals surface area contributed by atoms with Crippen molar-refractivity contribution >= 4 is 11.9 Å². The van der Waals surface area contributed by atoms with E-state index in [4.69, 9.17) is 14.2 Å². The fraction of sp³-hybridized carbons (Fsp3) is 0.636. The highest BCUT2D eigenvalue weighted by Gasteiger charge is 2.43. The number of likely N-dealkylation sites (tertiary alicyclic amines) is 1. The Bertz CT molecular complexity index is 753. The summed E-state index contributed by atoms with van der Waals surface area (Å²) in [5.74, 6) is 0.702. The summed E-state index contributed by atoms with van der Waals surface area (Å²) in [5, 5.41) is 0. The van der Waals surface area contributed by atoms with Gasteiger partial charge >= 0.3 is 5.97 Å². The lowest BCUT2D eigenvalue weighted by Crippen LogP contribution is -2.49. The van der Waals surface area contributed by atoms with Crippen molar-refractivity contribution in [1.29, 1.82) is 0 Å². The highest BCUT2D eigenvalue weighted by molar-refractivity contribution is 5.81. The van der Waals surface area contributed by atoms with Crippen LogP contribution in [-0.4, -0.2) is 50.7 Å². The molecule has 2 aliphatic heterocycles. The SMILES string of the molecule is COC(=O)[C@@H]1CC[C@H](C(=O)N2CCC3(CC2)OCCc2cc(OC)ccc23)C1. The summed E-state index contributed by atoms with van der Waals surface area (Å²) in [6.07, 6.45) is 4.66. The summed E-state index contributed by atoms with van der Waals surface area (Å²) in [7, 11) is 3.11. The van der Waals surface area contributed by atoms with Gasteiger partial charge in [0.1, 0.15) is 5.75 Å². The normalized spacial score (nSPS) is 26.0. The van der Waals surface area contributed by atoms with Gasteiger partial charge in [-0.3, -0.25) is 9.59 Å². The Morgan fingerprint density at radius 3 is 2.61 bits per heavy atom. The molecule has 1 saturated heterocycles. The molecule has 2 atom stereocenters. The van der Waals surface area contributed by atoms with Crippen LogP contribution in [0.25, 0.3) is 0 Å². The minimum absolute atomic E-state index is 0.0537. The van der Waals surface area contributed by atoms with Crippen LogP contribution in [0, 0.1) is 11.8 Å². The summed E-state index contributed by atoms with van der Waals surface area (Å²) in [6.45, 7) is 2.10. The van der Waals surface area contributed by atoms with Crippen LogP contribution in [0.5, 0.6) is 5.75 Å². The van der Waals surface area contributed by atoms with Crippen molar-refractivity contribution < 1.29 is 23.8 Å². The predicted molar refractivity (Wildman–Crippen MR) is 103 cm³/mol. The van der Waals surface area contributed by atoms with E-state index in [-0.39, 0.29) is 29.3 Å². The molecule has 4 rings (SSSR count). The molecule has 1 aliphatic carbocycles. The van der Waals surface area contributed by atoms with Crippen molar-refractivity contribution in [2.45, 2.75) is 44.1 Å². The molecule has 0 radical (unpaired) electrons. The van der Waals surface area contributed by atoms with Crippen LogP contribution in [0.4, 0.5) is 0 Å². The predicted octanol–water partition coefficient (Wildman–Crippen LogP) is 2.67. The maximum atomic E-state index is 13.0. The Hall–Kier alpha value is -2.08. The van der Waals surface area contributed by atoms with Gasteiger partial charge in [0.15, 0.2) is 0 Å². The molecule has 2 heterocycles. The molecule has 6 nitrogen and oxygen atoms in total. The van der Waals surface area contributed by atoms with Gasteiger partial charge in [-0.15, -0.1) is 0 Å². The Kier molecular flexibility index (Phi) is 5.32. The molecule has 0 unspecified atom stereocenters. The molecule has 1 amide bonds. The third-order valence-corrected chi connectivity index (χ3v) is 6.75. The number of fused-ring (bicyclic) bond motifs is 2. The number of amides is 1. The molecule has 1 spiro atoms. The monoisotopic (exact) mass is 387 g/mol. The number of carbonyl (C=O) groups is 2. The van der Waals surface area contributed by atoms with Crippen molar-refractivity contribution in [1.82, 2.24) is 4.90 Å². The fourth-order valence-electron chi connectivity index (χ4n) is 5.13. The van der Waals surface area contributed by atoms with Crippen LogP contribution < -0.4 is 4.74 Å². The van der Waals surface area contributed by atoms with E-state index in [9.17, 15) is 9.59 Å². The summed E-state index contributed by atoms with van der Waals surface area (Å²) >= 11 is 0. The molecule has 1 aromatic carbocycles. The van der Waals surface area contributed by atoms with Gasteiger partial charge in [-0.05, 0) is 61.8 Å². The van der Waals surface area contributed by atoms with E-state index in [2.05, 4.69) is 12.1 Å². The van der Waals surface area contributed by atoms with Crippen molar-refractivity contribution in [2.75, 3.05) is 33.9 Å². The Morgan fingerprint density at radius 1 is 1.14 bits per heavy atom. The molecule has 0 aromatic heterocycles. The zero-order chi connectivity index (χ0) is 19.7. The molecule has 2 fully saturated rings. The Morgan fingerprint density at radius 2 is 1.89 bits per heavy atom. The number of rotatable bonds is 3. The first kappa shape index (κ1) is 19.2. The highest BCUT2D eigenvalue weighted by atomic mass is 16.5. The third kappa shape index (κ3) is 3.39. The van der Waals surface area contributed by atoms with E-state index in [0.29, 0.717) is 26.1 Å². The minimum atomic E-state index is -0.291. The van der Waals surface area contributed by atoms with Crippen LogP contribution in [0.3, 0.4) is 0 Å². The maximum absolute atomic E-state index is 13.0. The van der Waals surface area contributed by atoms with E-state index in [1.54, 1.807) is 7.11 Å². The quantitative estimate of drug-likeness (QED) is 0.746. The van der Waals surface area contributed by atoms with Gasteiger partial charge in [-0.25, -0.2) is 0 Å². The summed E-state index contributed by atoms with van der Waals surface area (Å²) in [4.78, 5) is 26.7. The molecule has 0 bridgehead atoms. The Labute approximate surface area is 166 Å². The lowest BCUT2D eigenvalue weighted by atomic mass is 9.79. The number of carbonyl (C=O) groups excluding carboxylic acids is 2. The molecule has 152 valence electrons. The minimum Gasteiger partial charge on any atom is -0.497 e. The van der Waals surface area contributed by atoms with Gasteiger partial charge in [-0.2, -0.15) is 0 Å². The van der Waals surface area contributed by atoms with Crippen LogP contribution >= 0.6 is 0 Å². The maximum Gasteiger partial charge on any atom is 0.308 e. The van der Waals surface area contributed by atoms with Crippen LogP contribution in [-0.2, 0) is 31.1 Å². The average molecular weight is 387 g/mol. The first-order valence-corrected chi connectivity index (χ1v) is 10.2. The van der Waals surface area contributed by atoms with Crippen molar-refractivity contribution in [2.24, 2.45) is 11.8 Å². The fourth-order valence-corrected chi connectivity index (χ4v) is 5.13. The van der Waals surface area contributed by atoms with Crippen molar-refractivity contribution in [3.8, 4) is 5.75 Å². The second kappa shape index (κ2) is 7.74. The number of ether oxygens (including phenoxy) is 3. The highest BCUT2D eigenvalue weighted by Crippen LogP contribution is 2.43. The first-order chi connectivity index (χ1) is 13.6. The lowest BCUT2D eigenvalue weighted by Gasteiger charge is -2.45. The van der Waals surface area contributed by atoms with Crippen LogP contribution in [0.2, 0.25) is 0 Å². The second-order valence-corrected chi connectivity index (χ2v) is 8.17. The summed E-state index contributed by atoms with van der Waals surface area (Å²) < 4.78 is 16.5. The Balaban J connectivity index is 1.42. The number of esters is 1. The van der Waals surface area contributed by atoms with Gasteiger partial charge in [0, 0.05) is 19.0 Å². The number of nitrogens with zero attached hydrogens (tertiary/aromatic N) is 1. The molecule has 28 heavy (non-hydrogen) atoms. The molecule has 1 saturated carbocycles. The first-order valence-electron chi connectivity index (χ1n) is 10.2. The van der Waals surface area contributed by atoms with Crippen LogP contribution in [0.1, 0.15) is 43.2 Å². The molecular formula is C22H29NO5. The van der Waals surface area contributed by atoms with Gasteiger partial charge in [-0.1, -0.05) is 6.07 Å². The average Bonchev–Trinajstić information content (AvgIpc) is 3.23. The van der Waals surface area contributed by atoms with Gasteiger partial charge in [0.25, 0.3) is 0 Å². The van der Waals surface area contributed by atoms with Crippen molar-refractivity contribution in [3.05, 3.63) is 29.3 Å². The van der Waals surface area contributed by atoms with Crippen LogP contribution in [0.15, 0.2) is 18.2 Å². The largest absolute Gasteiger partial charge is 0.497 e. The van der Waals surface area contributed by atoms with Gasteiger partial charge in [0.2, 0.25) is 5.91 Å². The number of hydrogen-bond acceptors (Lipinski definition) is 5. The topological polar surface area (TPSA) is 65.1 Å². The summed E-state index contributed by atoms with van der Waals surface area (Å²) in [6, 6.07) is 6.24. The van der Waals surface area contributed by atoms with E-state index < -0.39 is 0 Å². The molecule has 3 aliphatic rings. The van der Waals surface area contributed by atoms with E-state index >= 15 is 0 Å². The third-order valence-electron chi connectivity index (χ3n) is 6.75. The molecule has 6 heteroatoms. The second-order valence-electron chi connectivity index (χ2n) is 8.17. The standard InChI is InChI=1S/C22H29NO5/c1-26-18-5-6-19-15(14-18)7-12-28-22(19)8-10-23(11-9-22)20(24)16-3-4-17(13-16)21(25)27-2/h5-6,14,16-17H,3-4,7-13H2,1-2H3/t16-,17+/m0/s1. The molecular weight excluding hydrogens is 358 g/mol. The smallest absolute Gasteiger partial charge is 0.308 e. The van der Waals surface area contributed by atoms with Gasteiger partial charge < -0.3 is 19.1 Å². The number of hydrogen-bond donors (Lipinski definition) is 0. The zero-order valence-electron chi connectivity index (χ0n) is 16.7. The van der Waals surface area contributed by atoms with Crippen molar-refractivity contribution in [3.63, 3.8) is 0 Å². The number of methoxy groups -OCH3 is 2. The lowest BCUT2D eigenvalue weighted by molar-refractivity contribution is -0.146. The zero-order valence-corrected chi connectivity index (χ0v) is 16.7. The summed E-state index contributed by atoms with van der Waals surface area (Å²) in [5.41, 5.74) is 2.25. The number of piperidine rings is 1. The van der Waals surface area contributed by atoms with E-state index in [0.717, 1.165) is 37.9 Å². The molecule has 1 aromatic rings. The van der Waals surface area contributed by atoms with E-state index in [1.807, 2.05) is 11.0 Å². The molecule has 0 N–H and O–H groups in total. The number of benzene rings is 1. The van der Waals surface area contributed by atoms with E-state index in [1.165, 1.54) is 18.2 Å².